The molecule has 22 heavy (non-hydrogen) atoms. The van der Waals surface area contributed by atoms with Gasteiger partial charge in [-0.1, -0.05) is 19.3 Å². The molecular formula is C18H20FNO2. The number of hydrogen-bond donors (Lipinski definition) is 0. The molecular weight excluding hydrogens is 281 g/mol. The Morgan fingerprint density at radius 2 is 1.77 bits per heavy atom. The summed E-state index contributed by atoms with van der Waals surface area (Å²) in [4.78, 5) is 14.3. The van der Waals surface area contributed by atoms with Crippen LogP contribution < -0.4 is 0 Å². The Morgan fingerprint density at radius 1 is 1.09 bits per heavy atom. The minimum absolute atomic E-state index is 0.0831. The van der Waals surface area contributed by atoms with Crippen LogP contribution in [0.4, 0.5) is 4.39 Å². The number of carbonyl (C=O) groups excluding carboxylic acids is 1. The first kappa shape index (κ1) is 14.8. The van der Waals surface area contributed by atoms with Gasteiger partial charge in [0, 0.05) is 18.7 Å². The highest BCUT2D eigenvalue weighted by atomic mass is 19.1. The molecule has 0 radical (unpaired) electrons. The lowest BCUT2D eigenvalue weighted by Crippen LogP contribution is -2.38. The number of hydrogen-bond acceptors (Lipinski definition) is 2. The number of halogens is 1. The van der Waals surface area contributed by atoms with Crippen molar-refractivity contribution >= 4 is 5.91 Å². The Kier molecular flexibility index (Phi) is 4.27. The van der Waals surface area contributed by atoms with Crippen molar-refractivity contribution in [2.75, 3.05) is 7.05 Å². The van der Waals surface area contributed by atoms with Gasteiger partial charge < -0.3 is 9.32 Å². The van der Waals surface area contributed by atoms with E-state index < -0.39 is 0 Å². The average molecular weight is 301 g/mol. The third-order valence-electron chi connectivity index (χ3n) is 4.39. The topological polar surface area (TPSA) is 33.5 Å². The summed E-state index contributed by atoms with van der Waals surface area (Å²) < 4.78 is 18.6. The molecule has 1 aromatic carbocycles. The number of furan rings is 1. The lowest BCUT2D eigenvalue weighted by Gasteiger charge is -2.30. The maximum atomic E-state index is 13.0. The van der Waals surface area contributed by atoms with Crippen LogP contribution >= 0.6 is 0 Å². The minimum Gasteiger partial charge on any atom is -0.451 e. The molecule has 0 saturated heterocycles. The molecule has 0 atom stereocenters. The van der Waals surface area contributed by atoms with Crippen LogP contribution in [0.1, 0.15) is 42.7 Å². The van der Waals surface area contributed by atoms with Crippen LogP contribution in [0.25, 0.3) is 11.3 Å². The van der Waals surface area contributed by atoms with Gasteiger partial charge >= 0.3 is 0 Å². The molecule has 3 nitrogen and oxygen atoms in total. The van der Waals surface area contributed by atoms with Crippen LogP contribution in [0.15, 0.2) is 40.8 Å². The fourth-order valence-corrected chi connectivity index (χ4v) is 3.03. The summed E-state index contributed by atoms with van der Waals surface area (Å²) in [6, 6.07) is 9.82. The first-order chi connectivity index (χ1) is 10.6. The van der Waals surface area contributed by atoms with Crippen LogP contribution in [0.3, 0.4) is 0 Å². The molecule has 1 aromatic heterocycles. The number of carbonyl (C=O) groups is 1. The molecule has 0 aliphatic heterocycles. The first-order valence-electron chi connectivity index (χ1n) is 7.78. The quantitative estimate of drug-likeness (QED) is 0.837. The lowest BCUT2D eigenvalue weighted by atomic mass is 9.94. The molecule has 3 rings (SSSR count). The summed E-state index contributed by atoms with van der Waals surface area (Å²) in [5.74, 6) is 0.552. The van der Waals surface area contributed by atoms with Crippen molar-refractivity contribution in [3.8, 4) is 11.3 Å². The normalized spacial score (nSPS) is 15.7. The van der Waals surface area contributed by atoms with Gasteiger partial charge in [-0.25, -0.2) is 4.39 Å². The number of benzene rings is 1. The van der Waals surface area contributed by atoms with E-state index in [9.17, 15) is 9.18 Å². The van der Waals surface area contributed by atoms with E-state index in [1.165, 1.54) is 31.4 Å². The van der Waals surface area contributed by atoms with Crippen molar-refractivity contribution in [2.24, 2.45) is 0 Å². The summed E-state index contributed by atoms with van der Waals surface area (Å²) in [6.07, 6.45) is 5.75. The van der Waals surface area contributed by atoms with Crippen LogP contribution in [-0.4, -0.2) is 23.9 Å². The van der Waals surface area contributed by atoms with E-state index in [-0.39, 0.29) is 11.7 Å². The Labute approximate surface area is 129 Å². The van der Waals surface area contributed by atoms with Crippen LogP contribution in [-0.2, 0) is 0 Å². The second-order valence-electron chi connectivity index (χ2n) is 5.88. The van der Waals surface area contributed by atoms with Crippen molar-refractivity contribution in [3.63, 3.8) is 0 Å². The predicted octanol–water partition coefficient (Wildman–Crippen LogP) is 4.49. The van der Waals surface area contributed by atoms with Crippen LogP contribution in [0, 0.1) is 5.82 Å². The Bertz CT molecular complexity index is 641. The monoisotopic (exact) mass is 301 g/mol. The zero-order chi connectivity index (χ0) is 15.5. The molecule has 1 aliphatic rings. The molecule has 1 amide bonds. The fourth-order valence-electron chi connectivity index (χ4n) is 3.03. The average Bonchev–Trinajstić information content (AvgIpc) is 3.05. The van der Waals surface area contributed by atoms with Gasteiger partial charge in [-0.05, 0) is 49.2 Å². The third-order valence-corrected chi connectivity index (χ3v) is 4.39. The maximum absolute atomic E-state index is 13.0. The van der Waals surface area contributed by atoms with Crippen molar-refractivity contribution in [1.82, 2.24) is 4.90 Å². The molecule has 0 bridgehead atoms. The standard InChI is InChI=1S/C18H20FNO2/c1-20(15-5-3-2-4-6-15)18(21)17-12-11-16(22-17)13-7-9-14(19)10-8-13/h7-12,15H,2-6H2,1H3. The zero-order valence-electron chi connectivity index (χ0n) is 12.7. The van der Waals surface area contributed by atoms with Gasteiger partial charge in [-0.3, -0.25) is 4.79 Å². The second kappa shape index (κ2) is 6.34. The zero-order valence-corrected chi connectivity index (χ0v) is 12.7. The number of nitrogens with zero attached hydrogens (tertiary/aromatic N) is 1. The Morgan fingerprint density at radius 3 is 2.45 bits per heavy atom. The number of rotatable bonds is 3. The molecule has 1 fully saturated rings. The van der Waals surface area contributed by atoms with Gasteiger partial charge in [0.05, 0.1) is 0 Å². The molecule has 0 N–H and O–H groups in total. The lowest BCUT2D eigenvalue weighted by molar-refractivity contribution is 0.0665. The number of amides is 1. The SMILES string of the molecule is CN(C(=O)c1ccc(-c2ccc(F)cc2)o1)C1CCCCC1. The maximum Gasteiger partial charge on any atom is 0.289 e. The molecule has 1 aliphatic carbocycles. The van der Waals surface area contributed by atoms with E-state index in [1.807, 2.05) is 7.05 Å². The van der Waals surface area contributed by atoms with Crippen molar-refractivity contribution in [2.45, 2.75) is 38.1 Å². The van der Waals surface area contributed by atoms with E-state index in [0.717, 1.165) is 18.4 Å². The van der Waals surface area contributed by atoms with E-state index in [0.29, 0.717) is 17.6 Å². The van der Waals surface area contributed by atoms with E-state index >= 15 is 0 Å². The van der Waals surface area contributed by atoms with Gasteiger partial charge in [0.1, 0.15) is 11.6 Å². The van der Waals surface area contributed by atoms with Crippen LogP contribution in [0.5, 0.6) is 0 Å². The highest BCUT2D eigenvalue weighted by Crippen LogP contribution is 2.26. The summed E-state index contributed by atoms with van der Waals surface area (Å²) in [5.41, 5.74) is 0.765. The van der Waals surface area contributed by atoms with E-state index in [4.69, 9.17) is 4.42 Å². The van der Waals surface area contributed by atoms with Gasteiger partial charge in [0.2, 0.25) is 0 Å². The molecule has 1 saturated carbocycles. The van der Waals surface area contributed by atoms with Crippen molar-refractivity contribution in [1.29, 1.82) is 0 Å². The highest BCUT2D eigenvalue weighted by Gasteiger charge is 2.25. The molecule has 4 heteroatoms. The van der Waals surface area contributed by atoms with Crippen molar-refractivity contribution in [3.05, 3.63) is 48.0 Å². The second-order valence-corrected chi connectivity index (χ2v) is 5.88. The van der Waals surface area contributed by atoms with Gasteiger partial charge in [0.15, 0.2) is 5.76 Å². The Hall–Kier alpha value is -2.10. The molecule has 116 valence electrons. The summed E-state index contributed by atoms with van der Waals surface area (Å²) in [5, 5.41) is 0. The minimum atomic E-state index is -0.288. The van der Waals surface area contributed by atoms with E-state index in [2.05, 4.69) is 0 Å². The van der Waals surface area contributed by atoms with Crippen molar-refractivity contribution < 1.29 is 13.6 Å². The van der Waals surface area contributed by atoms with Crippen LogP contribution in [0.2, 0.25) is 0 Å². The predicted molar refractivity (Wildman–Crippen MR) is 83.1 cm³/mol. The smallest absolute Gasteiger partial charge is 0.289 e. The fraction of sp³-hybridized carbons (Fsp3) is 0.389. The largest absolute Gasteiger partial charge is 0.451 e. The van der Waals surface area contributed by atoms with E-state index in [1.54, 1.807) is 29.2 Å². The first-order valence-corrected chi connectivity index (χ1v) is 7.78. The van der Waals surface area contributed by atoms with Gasteiger partial charge in [-0.2, -0.15) is 0 Å². The summed E-state index contributed by atoms with van der Waals surface area (Å²) >= 11 is 0. The highest BCUT2D eigenvalue weighted by molar-refractivity contribution is 5.92. The molecule has 1 heterocycles. The van der Waals surface area contributed by atoms with Gasteiger partial charge in [0.25, 0.3) is 5.91 Å². The molecule has 0 spiro atoms. The van der Waals surface area contributed by atoms with Gasteiger partial charge in [-0.15, -0.1) is 0 Å². The summed E-state index contributed by atoms with van der Waals surface area (Å²) in [6.45, 7) is 0. The molecule has 0 unspecified atom stereocenters. The molecule has 2 aromatic rings. The Balaban J connectivity index is 1.75. The summed E-state index contributed by atoms with van der Waals surface area (Å²) in [7, 11) is 1.85. The third kappa shape index (κ3) is 3.06.